The minimum Gasteiger partial charge on any atom is -0.311 e. The van der Waals surface area contributed by atoms with Gasteiger partial charge < -0.3 is 9.80 Å². The van der Waals surface area contributed by atoms with E-state index in [-0.39, 0.29) is 0 Å². The van der Waals surface area contributed by atoms with Gasteiger partial charge in [-0.15, -0.1) is 22.7 Å². The quantitative estimate of drug-likeness (QED) is 0.101. The van der Waals surface area contributed by atoms with Crippen molar-refractivity contribution in [1.29, 1.82) is 0 Å². The van der Waals surface area contributed by atoms with Crippen molar-refractivity contribution < 1.29 is 0 Å². The fourth-order valence-electron chi connectivity index (χ4n) is 11.5. The Kier molecular flexibility index (Phi) is 13.9. The van der Waals surface area contributed by atoms with Crippen molar-refractivity contribution in [1.82, 2.24) is 19.9 Å². The van der Waals surface area contributed by atoms with E-state index in [9.17, 15) is 0 Å². The van der Waals surface area contributed by atoms with Gasteiger partial charge in [-0.05, 0) is 108 Å². The zero-order valence-corrected chi connectivity index (χ0v) is 48.2. The van der Waals surface area contributed by atoms with E-state index in [0.717, 1.165) is 143 Å². The van der Waals surface area contributed by atoms with Crippen LogP contribution in [0.1, 0.15) is 0 Å². The number of thiophene rings is 2. The lowest BCUT2D eigenvalue weighted by Crippen LogP contribution is -2.09. The molecule has 0 bridgehead atoms. The third-order valence-corrected chi connectivity index (χ3v) is 17.8. The van der Waals surface area contributed by atoms with Crippen LogP contribution in [0.2, 0.25) is 0 Å². The number of fused-ring (bicyclic) bond motifs is 2. The van der Waals surface area contributed by atoms with Crippen molar-refractivity contribution in [2.24, 2.45) is 0 Å². The van der Waals surface area contributed by atoms with Crippen LogP contribution >= 0.6 is 22.7 Å². The SMILES string of the molecule is c1ccc(-c2nc3c(-c4ccc(-c5ccc(N(c6ccccc6)c6ccccc6)cc5)s4)c4nc(-c5ccccc5)c(-c5ccccc5)nc4c(-c4ccc(-c5ccc(N(c6ccccc6)c6ccccc6)cc5)s4)c3nc2-c2ccccc2)cc1. The molecule has 0 spiro atoms. The van der Waals surface area contributed by atoms with Gasteiger partial charge in [0.2, 0.25) is 0 Å². The molecule has 0 saturated carbocycles. The van der Waals surface area contributed by atoms with Crippen molar-refractivity contribution in [3.05, 3.63) is 315 Å². The summed E-state index contributed by atoms with van der Waals surface area (Å²) in [5.74, 6) is 0. The van der Waals surface area contributed by atoms with E-state index in [0.29, 0.717) is 0 Å². The molecule has 0 unspecified atom stereocenters. The minimum absolute atomic E-state index is 0.748. The highest BCUT2D eigenvalue weighted by atomic mass is 32.1. The first-order valence-corrected chi connectivity index (χ1v) is 30.3. The third kappa shape index (κ3) is 9.98. The summed E-state index contributed by atoms with van der Waals surface area (Å²) in [6, 6.07) is 111. The molecular formula is C78H52N6S2. The molecule has 0 aliphatic rings. The maximum absolute atomic E-state index is 5.90. The van der Waals surface area contributed by atoms with E-state index in [4.69, 9.17) is 19.9 Å². The van der Waals surface area contributed by atoms with Crippen molar-refractivity contribution in [2.45, 2.75) is 0 Å². The van der Waals surface area contributed by atoms with Crippen LogP contribution in [0, 0.1) is 0 Å². The number of rotatable bonds is 14. The normalized spacial score (nSPS) is 11.3. The standard InChI is InChI=1S/C78H52N6S2/c1-9-25-55(26-10-1)71-72(56-27-11-2-12-28-56)80-76-70(68-52-50-66(86-68)54-43-47-64(48-44-54)84(61-37-21-7-22-38-61)62-39-23-8-24-40-62)78-77(81-73(57-29-13-3-14-30-57)74(82-78)58-31-15-4-16-32-58)69(75(76)79-71)67-51-49-65(85-67)53-41-45-63(46-42-53)83(59-33-17-5-18-34-59)60-35-19-6-20-36-60/h1-52H. The number of para-hydroxylation sites is 4. The van der Waals surface area contributed by atoms with Gasteiger partial charge in [-0.2, -0.15) is 0 Å². The first-order chi connectivity index (χ1) is 42.7. The Bertz CT molecular complexity index is 4280. The molecule has 15 rings (SSSR count). The average Bonchev–Trinajstić information content (AvgIpc) is 3.91. The predicted molar refractivity (Wildman–Crippen MR) is 361 cm³/mol. The summed E-state index contributed by atoms with van der Waals surface area (Å²) in [5.41, 5.74) is 20.5. The van der Waals surface area contributed by atoms with Gasteiger partial charge in [-0.25, -0.2) is 19.9 Å². The lowest BCUT2D eigenvalue weighted by Gasteiger charge is -2.25. The van der Waals surface area contributed by atoms with Gasteiger partial charge in [0, 0.05) is 87.0 Å². The Hall–Kier alpha value is -10.9. The Balaban J connectivity index is 0.962. The number of nitrogens with zero attached hydrogens (tertiary/aromatic N) is 6. The molecule has 86 heavy (non-hydrogen) atoms. The third-order valence-electron chi connectivity index (χ3n) is 15.5. The molecule has 0 aliphatic carbocycles. The Labute approximate surface area is 507 Å². The van der Waals surface area contributed by atoms with Crippen LogP contribution in [0.3, 0.4) is 0 Å². The maximum atomic E-state index is 5.90. The van der Waals surface area contributed by atoms with Crippen molar-refractivity contribution in [3.8, 4) is 86.8 Å². The molecule has 406 valence electrons. The fraction of sp³-hybridized carbons (Fsp3) is 0. The van der Waals surface area contributed by atoms with E-state index in [1.54, 1.807) is 22.7 Å². The molecule has 0 atom stereocenters. The van der Waals surface area contributed by atoms with Crippen molar-refractivity contribution in [2.75, 3.05) is 9.80 Å². The molecule has 6 nitrogen and oxygen atoms in total. The second-order valence-corrected chi connectivity index (χ2v) is 23.1. The summed E-state index contributed by atoms with van der Waals surface area (Å²) in [6.45, 7) is 0. The van der Waals surface area contributed by atoms with Gasteiger partial charge in [0.05, 0.1) is 22.8 Å². The van der Waals surface area contributed by atoms with E-state index < -0.39 is 0 Å². The summed E-state index contributed by atoms with van der Waals surface area (Å²) in [4.78, 5) is 32.4. The zero-order chi connectivity index (χ0) is 57.2. The van der Waals surface area contributed by atoms with Crippen molar-refractivity contribution >= 4 is 78.9 Å². The predicted octanol–water partition coefficient (Wildman–Crippen LogP) is 22.0. The number of anilines is 6. The molecule has 0 amide bonds. The highest BCUT2D eigenvalue weighted by Crippen LogP contribution is 2.50. The summed E-state index contributed by atoms with van der Waals surface area (Å²) in [5, 5.41) is 0. The van der Waals surface area contributed by atoms with Crippen LogP contribution in [-0.4, -0.2) is 19.9 Å². The molecule has 0 N–H and O–H groups in total. The Morgan fingerprint density at radius 1 is 0.186 bits per heavy atom. The first-order valence-electron chi connectivity index (χ1n) is 28.7. The Morgan fingerprint density at radius 2 is 0.395 bits per heavy atom. The van der Waals surface area contributed by atoms with Crippen LogP contribution in [-0.2, 0) is 0 Å². The lowest BCUT2D eigenvalue weighted by atomic mass is 9.97. The number of hydrogen-bond acceptors (Lipinski definition) is 8. The summed E-state index contributed by atoms with van der Waals surface area (Å²) in [6.07, 6.45) is 0. The van der Waals surface area contributed by atoms with Gasteiger partial charge >= 0.3 is 0 Å². The van der Waals surface area contributed by atoms with Gasteiger partial charge in [0.15, 0.2) is 0 Å². The monoisotopic (exact) mass is 1140 g/mol. The zero-order valence-electron chi connectivity index (χ0n) is 46.5. The van der Waals surface area contributed by atoms with E-state index in [1.807, 2.05) is 24.3 Å². The molecule has 15 aromatic rings. The minimum atomic E-state index is 0.748. The number of hydrogen-bond donors (Lipinski definition) is 0. The summed E-state index contributed by atoms with van der Waals surface area (Å²) >= 11 is 3.47. The largest absolute Gasteiger partial charge is 0.311 e. The lowest BCUT2D eigenvalue weighted by molar-refractivity contribution is 1.27. The molecule has 11 aromatic carbocycles. The molecule has 0 radical (unpaired) electrons. The molecule has 0 saturated heterocycles. The summed E-state index contributed by atoms with van der Waals surface area (Å²) < 4.78 is 0. The topological polar surface area (TPSA) is 58.0 Å². The highest BCUT2D eigenvalue weighted by molar-refractivity contribution is 7.19. The summed E-state index contributed by atoms with van der Waals surface area (Å²) in [7, 11) is 0. The van der Waals surface area contributed by atoms with Gasteiger partial charge in [0.1, 0.15) is 22.1 Å². The number of benzene rings is 11. The van der Waals surface area contributed by atoms with Gasteiger partial charge in [0.25, 0.3) is 0 Å². The molecule has 4 heterocycles. The van der Waals surface area contributed by atoms with Crippen LogP contribution in [0.15, 0.2) is 315 Å². The first kappa shape index (κ1) is 51.9. The Morgan fingerprint density at radius 3 is 0.640 bits per heavy atom. The van der Waals surface area contributed by atoms with E-state index in [1.165, 1.54) is 0 Å². The van der Waals surface area contributed by atoms with Crippen molar-refractivity contribution in [3.63, 3.8) is 0 Å². The molecule has 4 aromatic heterocycles. The van der Waals surface area contributed by atoms with Crippen LogP contribution < -0.4 is 9.80 Å². The van der Waals surface area contributed by atoms with E-state index >= 15 is 0 Å². The van der Waals surface area contributed by atoms with Gasteiger partial charge in [-0.1, -0.05) is 218 Å². The second-order valence-electron chi connectivity index (χ2n) is 20.9. The van der Waals surface area contributed by atoms with Crippen LogP contribution in [0.5, 0.6) is 0 Å². The van der Waals surface area contributed by atoms with Crippen LogP contribution in [0.25, 0.3) is 109 Å². The molecule has 0 fully saturated rings. The number of aromatic nitrogens is 4. The smallest absolute Gasteiger partial charge is 0.101 e. The molecular weight excluding hydrogens is 1090 g/mol. The molecule has 0 aliphatic heterocycles. The fourth-order valence-corrected chi connectivity index (χ4v) is 13.6. The van der Waals surface area contributed by atoms with Gasteiger partial charge in [-0.3, -0.25) is 0 Å². The van der Waals surface area contributed by atoms with Crippen LogP contribution in [0.4, 0.5) is 34.1 Å². The highest BCUT2D eigenvalue weighted by Gasteiger charge is 2.28. The van der Waals surface area contributed by atoms with E-state index in [2.05, 4.69) is 301 Å². The maximum Gasteiger partial charge on any atom is 0.101 e. The average molecular weight is 1140 g/mol. The second kappa shape index (κ2) is 23.0. The molecule has 8 heteroatoms.